The van der Waals surface area contributed by atoms with Crippen LogP contribution < -0.4 is 10.1 Å². The zero-order chi connectivity index (χ0) is 16.5. The summed E-state index contributed by atoms with van der Waals surface area (Å²) in [6.45, 7) is 6.21. The maximum Gasteiger partial charge on any atom is 0.322 e. The Morgan fingerprint density at radius 3 is 2.64 bits per heavy atom. The lowest BCUT2D eigenvalue weighted by Crippen LogP contribution is -2.41. The van der Waals surface area contributed by atoms with Gasteiger partial charge in [-0.15, -0.1) is 0 Å². The van der Waals surface area contributed by atoms with E-state index < -0.39 is 0 Å². The van der Waals surface area contributed by atoms with Crippen molar-refractivity contribution >= 4 is 17.7 Å². The fourth-order valence-corrected chi connectivity index (χ4v) is 1.94. The molecule has 1 aromatic rings. The molecule has 0 saturated heterocycles. The Labute approximate surface area is 131 Å². The number of methoxy groups -OCH3 is 1. The van der Waals surface area contributed by atoms with Crippen molar-refractivity contribution < 1.29 is 19.1 Å². The molecule has 0 saturated carbocycles. The first-order chi connectivity index (χ1) is 10.5. The van der Waals surface area contributed by atoms with Gasteiger partial charge in [0, 0.05) is 24.3 Å². The lowest BCUT2D eigenvalue weighted by Gasteiger charge is -2.26. The van der Waals surface area contributed by atoms with Crippen LogP contribution in [0, 0.1) is 0 Å². The van der Waals surface area contributed by atoms with Crippen LogP contribution in [0.25, 0.3) is 0 Å². The smallest absolute Gasteiger partial charge is 0.322 e. The van der Waals surface area contributed by atoms with E-state index in [0.717, 1.165) is 0 Å². The van der Waals surface area contributed by atoms with Crippen molar-refractivity contribution in [3.05, 3.63) is 24.3 Å². The fourth-order valence-electron chi connectivity index (χ4n) is 1.94. The fraction of sp³-hybridized carbons (Fsp3) is 0.500. The number of carbonyl (C=O) groups is 2. The second-order valence-corrected chi connectivity index (χ2v) is 5.00. The lowest BCUT2D eigenvalue weighted by atomic mass is 10.3. The van der Waals surface area contributed by atoms with Gasteiger partial charge in [-0.3, -0.25) is 4.79 Å². The van der Waals surface area contributed by atoms with Gasteiger partial charge in [-0.25, -0.2) is 4.79 Å². The minimum atomic E-state index is -0.303. The molecule has 0 bridgehead atoms. The van der Waals surface area contributed by atoms with Crippen LogP contribution >= 0.6 is 0 Å². The molecule has 0 radical (unpaired) electrons. The molecule has 0 atom stereocenters. The SMILES string of the molecule is CCOC(=O)CCN(C(=O)Nc1cccc(OC)c1)C(C)C. The number of nitrogens with one attached hydrogen (secondary N) is 1. The summed E-state index contributed by atoms with van der Waals surface area (Å²) in [5.41, 5.74) is 0.645. The highest BCUT2D eigenvalue weighted by Crippen LogP contribution is 2.17. The maximum absolute atomic E-state index is 12.3. The summed E-state index contributed by atoms with van der Waals surface area (Å²) in [7, 11) is 1.57. The highest BCUT2D eigenvalue weighted by atomic mass is 16.5. The molecule has 6 nitrogen and oxygen atoms in total. The summed E-state index contributed by atoms with van der Waals surface area (Å²) < 4.78 is 10.0. The predicted octanol–water partition coefficient (Wildman–Crippen LogP) is 2.89. The number of ether oxygens (including phenoxy) is 2. The van der Waals surface area contributed by atoms with Crippen molar-refractivity contribution in [1.29, 1.82) is 0 Å². The zero-order valence-electron chi connectivity index (χ0n) is 13.6. The van der Waals surface area contributed by atoms with Crippen LogP contribution in [0.2, 0.25) is 0 Å². The number of amides is 2. The average molecular weight is 308 g/mol. The quantitative estimate of drug-likeness (QED) is 0.786. The molecule has 0 aromatic heterocycles. The van der Waals surface area contributed by atoms with E-state index in [1.165, 1.54) is 0 Å². The summed E-state index contributed by atoms with van der Waals surface area (Å²) in [5, 5.41) is 2.81. The van der Waals surface area contributed by atoms with Gasteiger partial charge >= 0.3 is 12.0 Å². The molecular weight excluding hydrogens is 284 g/mol. The standard InChI is InChI=1S/C16H24N2O4/c1-5-22-15(19)9-10-18(12(2)3)16(20)17-13-7-6-8-14(11-13)21-4/h6-8,11-12H,5,9-10H2,1-4H3,(H,17,20). The Morgan fingerprint density at radius 2 is 2.05 bits per heavy atom. The van der Waals surface area contributed by atoms with E-state index in [1.54, 1.807) is 43.2 Å². The summed E-state index contributed by atoms with van der Waals surface area (Å²) in [6.07, 6.45) is 0.178. The van der Waals surface area contributed by atoms with E-state index in [9.17, 15) is 9.59 Å². The molecule has 6 heteroatoms. The van der Waals surface area contributed by atoms with Crippen molar-refractivity contribution in [1.82, 2.24) is 4.90 Å². The molecule has 0 heterocycles. The van der Waals surface area contributed by atoms with Crippen LogP contribution in [0.4, 0.5) is 10.5 Å². The van der Waals surface area contributed by atoms with Gasteiger partial charge in [-0.1, -0.05) is 6.07 Å². The lowest BCUT2D eigenvalue weighted by molar-refractivity contribution is -0.143. The second-order valence-electron chi connectivity index (χ2n) is 5.00. The van der Waals surface area contributed by atoms with E-state index >= 15 is 0 Å². The number of hydrogen-bond donors (Lipinski definition) is 1. The molecule has 0 spiro atoms. The summed E-state index contributed by atoms with van der Waals surface area (Å²) in [4.78, 5) is 25.4. The van der Waals surface area contributed by atoms with Crippen molar-refractivity contribution in [3.8, 4) is 5.75 Å². The minimum absolute atomic E-state index is 0.0277. The van der Waals surface area contributed by atoms with Gasteiger partial charge in [0.05, 0.1) is 20.1 Å². The summed E-state index contributed by atoms with van der Waals surface area (Å²) in [6, 6.07) is 6.84. The highest BCUT2D eigenvalue weighted by Gasteiger charge is 2.18. The molecule has 0 unspecified atom stereocenters. The van der Waals surface area contributed by atoms with Crippen molar-refractivity contribution in [2.24, 2.45) is 0 Å². The normalized spacial score (nSPS) is 10.2. The van der Waals surface area contributed by atoms with E-state index in [-0.39, 0.29) is 24.5 Å². The number of urea groups is 1. The van der Waals surface area contributed by atoms with Crippen LogP contribution in [0.3, 0.4) is 0 Å². The molecule has 1 N–H and O–H groups in total. The average Bonchev–Trinajstić information content (AvgIpc) is 2.47. The van der Waals surface area contributed by atoms with E-state index in [0.29, 0.717) is 24.6 Å². The van der Waals surface area contributed by atoms with Crippen molar-refractivity contribution in [2.75, 3.05) is 25.6 Å². The Balaban J connectivity index is 2.66. The zero-order valence-corrected chi connectivity index (χ0v) is 13.6. The monoisotopic (exact) mass is 308 g/mol. The molecule has 1 aromatic carbocycles. The van der Waals surface area contributed by atoms with E-state index in [1.807, 2.05) is 13.8 Å². The molecule has 0 fully saturated rings. The van der Waals surface area contributed by atoms with Crippen LogP contribution in [0.15, 0.2) is 24.3 Å². The number of esters is 1. The third kappa shape index (κ3) is 5.63. The molecule has 1 rings (SSSR count). The molecule has 0 aliphatic carbocycles. The first-order valence-electron chi connectivity index (χ1n) is 7.35. The molecule has 22 heavy (non-hydrogen) atoms. The van der Waals surface area contributed by atoms with Gasteiger partial charge in [0.15, 0.2) is 0 Å². The Kier molecular flexibility index (Phi) is 7.22. The van der Waals surface area contributed by atoms with Gasteiger partial charge < -0.3 is 19.7 Å². The second kappa shape index (κ2) is 8.92. The first-order valence-corrected chi connectivity index (χ1v) is 7.35. The summed E-state index contributed by atoms with van der Waals surface area (Å²) >= 11 is 0. The maximum atomic E-state index is 12.3. The first kappa shape index (κ1) is 17.8. The molecule has 122 valence electrons. The third-order valence-electron chi connectivity index (χ3n) is 3.07. The molecule has 0 aliphatic heterocycles. The number of carbonyl (C=O) groups excluding carboxylic acids is 2. The molecule has 0 aliphatic rings. The largest absolute Gasteiger partial charge is 0.497 e. The number of nitrogens with zero attached hydrogens (tertiary/aromatic N) is 1. The number of anilines is 1. The topological polar surface area (TPSA) is 67.9 Å². The van der Waals surface area contributed by atoms with Crippen LogP contribution in [0.1, 0.15) is 27.2 Å². The summed E-state index contributed by atoms with van der Waals surface area (Å²) in [5.74, 6) is 0.364. The minimum Gasteiger partial charge on any atom is -0.497 e. The molecular formula is C16H24N2O4. The van der Waals surface area contributed by atoms with E-state index in [4.69, 9.17) is 9.47 Å². The number of hydrogen-bond acceptors (Lipinski definition) is 4. The van der Waals surface area contributed by atoms with Gasteiger partial charge in [-0.2, -0.15) is 0 Å². The van der Waals surface area contributed by atoms with Crippen molar-refractivity contribution in [2.45, 2.75) is 33.2 Å². The Morgan fingerprint density at radius 1 is 1.32 bits per heavy atom. The van der Waals surface area contributed by atoms with Gasteiger partial charge in [0.1, 0.15) is 5.75 Å². The molecule has 2 amide bonds. The van der Waals surface area contributed by atoms with E-state index in [2.05, 4.69) is 5.32 Å². The number of benzene rings is 1. The number of rotatable bonds is 7. The van der Waals surface area contributed by atoms with Gasteiger partial charge in [0.2, 0.25) is 0 Å². The van der Waals surface area contributed by atoms with Crippen LogP contribution in [-0.4, -0.2) is 43.2 Å². The van der Waals surface area contributed by atoms with Crippen LogP contribution in [-0.2, 0) is 9.53 Å². The highest BCUT2D eigenvalue weighted by molar-refractivity contribution is 5.90. The van der Waals surface area contributed by atoms with Crippen molar-refractivity contribution in [3.63, 3.8) is 0 Å². The van der Waals surface area contributed by atoms with Gasteiger partial charge in [-0.05, 0) is 32.9 Å². The van der Waals surface area contributed by atoms with Gasteiger partial charge in [0.25, 0.3) is 0 Å². The van der Waals surface area contributed by atoms with Crippen LogP contribution in [0.5, 0.6) is 5.75 Å². The predicted molar refractivity (Wildman–Crippen MR) is 85.1 cm³/mol. The Hall–Kier alpha value is -2.24. The third-order valence-corrected chi connectivity index (χ3v) is 3.07. The Bertz CT molecular complexity index is 503.